The van der Waals surface area contributed by atoms with Crippen LogP contribution in [-0.4, -0.2) is 15.8 Å². The van der Waals surface area contributed by atoms with Crippen LogP contribution in [0.2, 0.25) is 5.02 Å². The number of rotatable bonds is 2. The van der Waals surface area contributed by atoms with Crippen LogP contribution in [0.1, 0.15) is 50.2 Å². The maximum absolute atomic E-state index is 10.6. The van der Waals surface area contributed by atoms with Crippen molar-refractivity contribution in [2.75, 3.05) is 0 Å². The van der Waals surface area contributed by atoms with E-state index in [0.717, 1.165) is 31.2 Å². The van der Waals surface area contributed by atoms with Crippen molar-refractivity contribution >= 4 is 11.6 Å². The zero-order valence-electron chi connectivity index (χ0n) is 9.90. The number of aliphatic hydroxyl groups is 2. The Balaban J connectivity index is 2.16. The quantitative estimate of drug-likeness (QED) is 0.794. The molecule has 0 aromatic heterocycles. The topological polar surface area (TPSA) is 40.5 Å². The lowest BCUT2D eigenvalue weighted by Crippen LogP contribution is -2.35. The zero-order chi connectivity index (χ0) is 12.3. The summed E-state index contributed by atoms with van der Waals surface area (Å²) in [6.07, 6.45) is 4.82. The average Bonchev–Trinajstić information content (AvgIpc) is 2.55. The van der Waals surface area contributed by atoms with Crippen molar-refractivity contribution in [2.45, 2.75) is 50.2 Å². The van der Waals surface area contributed by atoms with E-state index < -0.39 is 11.7 Å². The smallest absolute Gasteiger partial charge is 0.108 e. The predicted octanol–water partition coefficient (Wildman–Crippen LogP) is 3.46. The lowest BCUT2D eigenvalue weighted by atomic mass is 9.85. The van der Waals surface area contributed by atoms with Gasteiger partial charge in [-0.15, -0.1) is 0 Å². The summed E-state index contributed by atoms with van der Waals surface area (Å²) in [5, 5.41) is 21.5. The van der Waals surface area contributed by atoms with Gasteiger partial charge in [0, 0.05) is 5.02 Å². The highest BCUT2D eigenvalue weighted by molar-refractivity contribution is 6.30. The number of aliphatic hydroxyl groups excluding tert-OH is 1. The molecule has 94 valence electrons. The molecule has 0 bridgehead atoms. The van der Waals surface area contributed by atoms with E-state index in [0.29, 0.717) is 17.9 Å². The van der Waals surface area contributed by atoms with Gasteiger partial charge in [0.2, 0.25) is 0 Å². The van der Waals surface area contributed by atoms with E-state index in [2.05, 4.69) is 0 Å². The number of benzene rings is 1. The first-order valence-electron chi connectivity index (χ1n) is 6.28. The molecule has 1 unspecified atom stereocenters. The molecule has 1 fully saturated rings. The molecule has 0 spiro atoms. The Labute approximate surface area is 107 Å². The molecule has 0 radical (unpaired) electrons. The molecule has 2 nitrogen and oxygen atoms in total. The van der Waals surface area contributed by atoms with E-state index in [1.807, 2.05) is 0 Å². The van der Waals surface area contributed by atoms with Crippen molar-refractivity contribution in [1.29, 1.82) is 0 Å². The van der Waals surface area contributed by atoms with Crippen LogP contribution in [0.15, 0.2) is 24.3 Å². The molecule has 1 aliphatic rings. The van der Waals surface area contributed by atoms with E-state index in [-0.39, 0.29) is 0 Å². The largest absolute Gasteiger partial charge is 0.387 e. The first kappa shape index (κ1) is 12.9. The number of hydrogen-bond acceptors (Lipinski definition) is 2. The lowest BCUT2D eigenvalue weighted by Gasteiger charge is -2.32. The van der Waals surface area contributed by atoms with Gasteiger partial charge in [-0.2, -0.15) is 0 Å². The highest BCUT2D eigenvalue weighted by Crippen LogP contribution is 2.37. The molecule has 1 atom stereocenters. The Bertz CT molecular complexity index is 353. The predicted molar refractivity (Wildman–Crippen MR) is 69.1 cm³/mol. The maximum atomic E-state index is 10.6. The molecule has 0 amide bonds. The minimum absolute atomic E-state index is 0.647. The van der Waals surface area contributed by atoms with E-state index in [4.69, 9.17) is 11.6 Å². The van der Waals surface area contributed by atoms with Gasteiger partial charge in [-0.1, -0.05) is 49.4 Å². The molecule has 17 heavy (non-hydrogen) atoms. The van der Waals surface area contributed by atoms with Crippen LogP contribution in [-0.2, 0) is 0 Å². The fraction of sp³-hybridized carbons (Fsp3) is 0.571. The molecule has 2 N–H and O–H groups in total. The summed E-state index contributed by atoms with van der Waals surface area (Å²) in [5.74, 6) is 0. The Morgan fingerprint density at radius 3 is 2.06 bits per heavy atom. The van der Waals surface area contributed by atoms with Gasteiger partial charge in [0.05, 0.1) is 5.60 Å². The Morgan fingerprint density at radius 1 is 1.00 bits per heavy atom. The van der Waals surface area contributed by atoms with Crippen molar-refractivity contribution in [1.82, 2.24) is 0 Å². The molecule has 2 rings (SSSR count). The van der Waals surface area contributed by atoms with Crippen LogP contribution in [0.4, 0.5) is 0 Å². The standard InChI is InChI=1S/C14H19ClO2/c15-12-7-5-11(6-8-12)13(16)14(17)9-3-1-2-4-10-14/h5-8,13,16-17H,1-4,9-10H2. The molecule has 1 aromatic carbocycles. The molecular formula is C14H19ClO2. The fourth-order valence-corrected chi connectivity index (χ4v) is 2.70. The van der Waals surface area contributed by atoms with Crippen molar-refractivity contribution in [2.24, 2.45) is 0 Å². The van der Waals surface area contributed by atoms with Crippen molar-refractivity contribution in [3.8, 4) is 0 Å². The summed E-state index contributed by atoms with van der Waals surface area (Å²) in [5.41, 5.74) is -0.219. The van der Waals surface area contributed by atoms with Crippen LogP contribution in [0.5, 0.6) is 0 Å². The summed E-state index contributed by atoms with van der Waals surface area (Å²) >= 11 is 5.82. The summed E-state index contributed by atoms with van der Waals surface area (Å²) in [6.45, 7) is 0. The second-order valence-electron chi connectivity index (χ2n) is 4.97. The average molecular weight is 255 g/mol. The molecule has 3 heteroatoms. The molecule has 0 saturated heterocycles. The van der Waals surface area contributed by atoms with Crippen LogP contribution in [0, 0.1) is 0 Å². The van der Waals surface area contributed by atoms with Gasteiger partial charge < -0.3 is 10.2 Å². The highest BCUT2D eigenvalue weighted by atomic mass is 35.5. The first-order valence-corrected chi connectivity index (χ1v) is 6.65. The minimum Gasteiger partial charge on any atom is -0.387 e. The summed E-state index contributed by atoms with van der Waals surface area (Å²) in [4.78, 5) is 0. The third-order valence-electron chi connectivity index (χ3n) is 3.66. The zero-order valence-corrected chi connectivity index (χ0v) is 10.7. The normalized spacial score (nSPS) is 21.8. The molecular weight excluding hydrogens is 236 g/mol. The van der Waals surface area contributed by atoms with Crippen LogP contribution in [0.25, 0.3) is 0 Å². The Hall–Kier alpha value is -0.570. The van der Waals surface area contributed by atoms with E-state index in [1.54, 1.807) is 24.3 Å². The van der Waals surface area contributed by atoms with Crippen LogP contribution < -0.4 is 0 Å². The summed E-state index contributed by atoms with van der Waals surface area (Å²) < 4.78 is 0. The minimum atomic E-state index is -0.968. The van der Waals surface area contributed by atoms with E-state index in [9.17, 15) is 10.2 Å². The van der Waals surface area contributed by atoms with Gasteiger partial charge in [0.25, 0.3) is 0 Å². The highest BCUT2D eigenvalue weighted by Gasteiger charge is 2.36. The summed E-state index contributed by atoms with van der Waals surface area (Å²) in [6, 6.07) is 7.08. The van der Waals surface area contributed by atoms with Gasteiger partial charge in [-0.25, -0.2) is 0 Å². The monoisotopic (exact) mass is 254 g/mol. The Morgan fingerprint density at radius 2 is 1.53 bits per heavy atom. The molecule has 1 aliphatic carbocycles. The molecule has 0 heterocycles. The summed E-state index contributed by atoms with van der Waals surface area (Å²) in [7, 11) is 0. The Kier molecular flexibility index (Phi) is 4.08. The number of hydrogen-bond donors (Lipinski definition) is 2. The van der Waals surface area contributed by atoms with Crippen molar-refractivity contribution < 1.29 is 10.2 Å². The lowest BCUT2D eigenvalue weighted by molar-refractivity contribution is -0.0867. The van der Waals surface area contributed by atoms with Gasteiger partial charge in [0.1, 0.15) is 6.10 Å². The van der Waals surface area contributed by atoms with Crippen LogP contribution >= 0.6 is 11.6 Å². The molecule has 1 saturated carbocycles. The second-order valence-corrected chi connectivity index (χ2v) is 5.41. The SMILES string of the molecule is OC(c1ccc(Cl)cc1)C1(O)CCCCCC1. The van der Waals surface area contributed by atoms with Crippen molar-refractivity contribution in [3.63, 3.8) is 0 Å². The third kappa shape index (κ3) is 3.01. The molecule has 0 aliphatic heterocycles. The van der Waals surface area contributed by atoms with Gasteiger partial charge >= 0.3 is 0 Å². The van der Waals surface area contributed by atoms with Gasteiger partial charge in [0.15, 0.2) is 0 Å². The number of halogens is 1. The third-order valence-corrected chi connectivity index (χ3v) is 3.92. The first-order chi connectivity index (χ1) is 8.12. The fourth-order valence-electron chi connectivity index (χ4n) is 2.57. The van der Waals surface area contributed by atoms with Gasteiger partial charge in [-0.05, 0) is 30.5 Å². The van der Waals surface area contributed by atoms with Gasteiger partial charge in [-0.3, -0.25) is 0 Å². The van der Waals surface area contributed by atoms with Crippen LogP contribution in [0.3, 0.4) is 0 Å². The second kappa shape index (κ2) is 5.38. The van der Waals surface area contributed by atoms with E-state index >= 15 is 0 Å². The van der Waals surface area contributed by atoms with E-state index in [1.165, 1.54) is 0 Å². The molecule has 1 aromatic rings. The van der Waals surface area contributed by atoms with Crippen molar-refractivity contribution in [3.05, 3.63) is 34.9 Å². The maximum Gasteiger partial charge on any atom is 0.108 e.